The summed E-state index contributed by atoms with van der Waals surface area (Å²) in [6, 6.07) is 9.45. The van der Waals surface area contributed by atoms with E-state index in [1.165, 1.54) is 24.8 Å². The highest BCUT2D eigenvalue weighted by molar-refractivity contribution is 7.99. The van der Waals surface area contributed by atoms with Crippen molar-refractivity contribution in [1.29, 1.82) is 0 Å². The number of thioether (sulfide) groups is 1. The summed E-state index contributed by atoms with van der Waals surface area (Å²) in [5.41, 5.74) is 1.34. The van der Waals surface area contributed by atoms with Gasteiger partial charge in [0, 0.05) is 17.3 Å². The van der Waals surface area contributed by atoms with E-state index in [0.717, 1.165) is 11.0 Å². The molecule has 0 bridgehead atoms. The maximum absolute atomic E-state index is 5.19. The molecule has 1 N–H and O–H groups in total. The summed E-state index contributed by atoms with van der Waals surface area (Å²) in [6.45, 7) is 2.25. The quantitative estimate of drug-likeness (QED) is 0.878. The van der Waals surface area contributed by atoms with Crippen molar-refractivity contribution in [1.82, 2.24) is 5.32 Å². The van der Waals surface area contributed by atoms with Crippen LogP contribution < -0.4 is 10.1 Å². The highest BCUT2D eigenvalue weighted by Gasteiger charge is 2.27. The summed E-state index contributed by atoms with van der Waals surface area (Å²) >= 11 is 2.00. The van der Waals surface area contributed by atoms with Crippen LogP contribution in [0.3, 0.4) is 0 Å². The second-order valence-corrected chi connectivity index (χ2v) is 6.05. The van der Waals surface area contributed by atoms with Crippen LogP contribution in [0.15, 0.2) is 24.3 Å². The molecular weight excluding hydrogens is 242 g/mol. The van der Waals surface area contributed by atoms with E-state index in [1.54, 1.807) is 7.11 Å². The monoisotopic (exact) mass is 265 g/mol. The summed E-state index contributed by atoms with van der Waals surface area (Å²) < 4.78 is 5.19. The lowest BCUT2D eigenvalue weighted by molar-refractivity contribution is 0.414. The Morgan fingerprint density at radius 3 is 2.61 bits per heavy atom. The molecule has 0 amide bonds. The van der Waals surface area contributed by atoms with E-state index in [4.69, 9.17) is 4.74 Å². The van der Waals surface area contributed by atoms with Crippen molar-refractivity contribution in [2.75, 3.05) is 13.4 Å². The Morgan fingerprint density at radius 2 is 2.00 bits per heavy atom. The van der Waals surface area contributed by atoms with Gasteiger partial charge in [0.2, 0.25) is 0 Å². The molecule has 0 spiro atoms. The van der Waals surface area contributed by atoms with E-state index in [0.29, 0.717) is 12.1 Å². The van der Waals surface area contributed by atoms with Crippen LogP contribution in [0.1, 0.15) is 37.8 Å². The zero-order valence-electron chi connectivity index (χ0n) is 11.5. The fraction of sp³-hybridized carbons (Fsp3) is 0.600. The molecule has 1 aromatic carbocycles. The van der Waals surface area contributed by atoms with Crippen LogP contribution in [0.2, 0.25) is 0 Å². The van der Waals surface area contributed by atoms with Gasteiger partial charge in [-0.25, -0.2) is 0 Å². The van der Waals surface area contributed by atoms with Crippen LogP contribution in [-0.4, -0.2) is 24.7 Å². The Labute approximate surface area is 114 Å². The average molecular weight is 265 g/mol. The van der Waals surface area contributed by atoms with Crippen LogP contribution in [0.4, 0.5) is 0 Å². The molecule has 0 radical (unpaired) electrons. The molecule has 3 heteroatoms. The minimum Gasteiger partial charge on any atom is -0.497 e. The highest BCUT2D eigenvalue weighted by atomic mass is 32.2. The Bertz CT molecular complexity index is 365. The zero-order chi connectivity index (χ0) is 13.0. The van der Waals surface area contributed by atoms with Gasteiger partial charge in [-0.3, -0.25) is 0 Å². The van der Waals surface area contributed by atoms with Gasteiger partial charge >= 0.3 is 0 Å². The van der Waals surface area contributed by atoms with Crippen LogP contribution in [-0.2, 0) is 0 Å². The van der Waals surface area contributed by atoms with Crippen LogP contribution in [0.5, 0.6) is 5.75 Å². The predicted octanol–water partition coefficient (Wildman–Crippen LogP) is 3.63. The molecule has 2 nitrogen and oxygen atoms in total. The first-order valence-electron chi connectivity index (χ1n) is 6.67. The average Bonchev–Trinajstić information content (AvgIpc) is 2.86. The van der Waals surface area contributed by atoms with Gasteiger partial charge < -0.3 is 10.1 Å². The summed E-state index contributed by atoms with van der Waals surface area (Å²) in [6.07, 6.45) is 6.25. The molecule has 3 unspecified atom stereocenters. The summed E-state index contributed by atoms with van der Waals surface area (Å²) in [7, 11) is 1.71. The van der Waals surface area contributed by atoms with E-state index < -0.39 is 0 Å². The second kappa shape index (κ2) is 6.48. The van der Waals surface area contributed by atoms with E-state index in [-0.39, 0.29) is 0 Å². The Morgan fingerprint density at radius 1 is 1.28 bits per heavy atom. The predicted molar refractivity (Wildman–Crippen MR) is 79.5 cm³/mol. The standard InChI is InChI=1S/C15H23NOS/c1-11(12-7-9-13(17-2)10-8-12)16-14-5-4-6-15(14)18-3/h7-11,14-16H,4-6H2,1-3H3. The molecule has 3 atom stereocenters. The normalized spacial score (nSPS) is 25.1. The Kier molecular flexibility index (Phi) is 4.95. The maximum atomic E-state index is 5.19. The van der Waals surface area contributed by atoms with E-state index in [2.05, 4.69) is 30.6 Å². The molecular formula is C15H23NOS. The number of hydrogen-bond acceptors (Lipinski definition) is 3. The van der Waals surface area contributed by atoms with Crippen molar-refractivity contribution < 1.29 is 4.74 Å². The van der Waals surface area contributed by atoms with Gasteiger partial charge in [0.05, 0.1) is 7.11 Å². The maximum Gasteiger partial charge on any atom is 0.118 e. The lowest BCUT2D eigenvalue weighted by Gasteiger charge is -2.24. The van der Waals surface area contributed by atoms with E-state index in [9.17, 15) is 0 Å². The molecule has 2 rings (SSSR count). The topological polar surface area (TPSA) is 21.3 Å². The zero-order valence-corrected chi connectivity index (χ0v) is 12.3. The third-order valence-corrected chi connectivity index (χ3v) is 5.00. The van der Waals surface area contributed by atoms with Gasteiger partial charge in [-0.2, -0.15) is 11.8 Å². The fourth-order valence-corrected chi connectivity index (χ4v) is 3.65. The smallest absolute Gasteiger partial charge is 0.118 e. The van der Waals surface area contributed by atoms with Crippen molar-refractivity contribution in [2.45, 2.75) is 43.5 Å². The molecule has 1 fully saturated rings. The van der Waals surface area contributed by atoms with Gasteiger partial charge in [0.15, 0.2) is 0 Å². The number of rotatable bonds is 5. The molecule has 1 aliphatic carbocycles. The van der Waals surface area contributed by atoms with Gasteiger partial charge in [-0.15, -0.1) is 0 Å². The number of benzene rings is 1. The molecule has 18 heavy (non-hydrogen) atoms. The Balaban J connectivity index is 1.95. The van der Waals surface area contributed by atoms with Crippen molar-refractivity contribution in [3.8, 4) is 5.75 Å². The lowest BCUT2D eigenvalue weighted by atomic mass is 10.1. The van der Waals surface area contributed by atoms with E-state index in [1.807, 2.05) is 23.9 Å². The number of hydrogen-bond donors (Lipinski definition) is 1. The molecule has 1 saturated carbocycles. The van der Waals surface area contributed by atoms with Gasteiger partial charge in [0.1, 0.15) is 5.75 Å². The van der Waals surface area contributed by atoms with Crippen LogP contribution >= 0.6 is 11.8 Å². The number of ether oxygens (including phenoxy) is 1. The van der Waals surface area contributed by atoms with Gasteiger partial charge in [0.25, 0.3) is 0 Å². The third kappa shape index (κ3) is 3.21. The molecule has 0 heterocycles. The second-order valence-electron chi connectivity index (χ2n) is 4.97. The van der Waals surface area contributed by atoms with Crippen LogP contribution in [0.25, 0.3) is 0 Å². The van der Waals surface area contributed by atoms with Crippen molar-refractivity contribution >= 4 is 11.8 Å². The third-order valence-electron chi connectivity index (χ3n) is 3.84. The molecule has 1 aromatic rings. The molecule has 1 aliphatic rings. The van der Waals surface area contributed by atoms with Crippen molar-refractivity contribution in [3.05, 3.63) is 29.8 Å². The fourth-order valence-electron chi connectivity index (χ4n) is 2.71. The van der Waals surface area contributed by atoms with Crippen molar-refractivity contribution in [2.24, 2.45) is 0 Å². The van der Waals surface area contributed by atoms with Crippen LogP contribution in [0, 0.1) is 0 Å². The summed E-state index contributed by atoms with van der Waals surface area (Å²) in [5.74, 6) is 0.925. The summed E-state index contributed by atoms with van der Waals surface area (Å²) in [4.78, 5) is 0. The van der Waals surface area contributed by atoms with Crippen molar-refractivity contribution in [3.63, 3.8) is 0 Å². The van der Waals surface area contributed by atoms with Gasteiger partial charge in [-0.1, -0.05) is 18.6 Å². The first kappa shape index (κ1) is 13.8. The Hall–Kier alpha value is -0.670. The lowest BCUT2D eigenvalue weighted by Crippen LogP contribution is -2.35. The SMILES string of the molecule is COc1ccc(C(C)NC2CCCC2SC)cc1. The number of nitrogens with one attached hydrogen (secondary N) is 1. The van der Waals surface area contributed by atoms with E-state index >= 15 is 0 Å². The first-order chi connectivity index (χ1) is 8.74. The molecule has 0 saturated heterocycles. The minimum absolute atomic E-state index is 0.411. The molecule has 0 aliphatic heterocycles. The van der Waals surface area contributed by atoms with Gasteiger partial charge in [-0.05, 0) is 43.7 Å². The highest BCUT2D eigenvalue weighted by Crippen LogP contribution is 2.30. The largest absolute Gasteiger partial charge is 0.497 e. The molecule has 0 aromatic heterocycles. The summed E-state index contributed by atoms with van der Waals surface area (Å²) in [5, 5.41) is 4.55. The molecule has 100 valence electrons. The number of methoxy groups -OCH3 is 1. The minimum atomic E-state index is 0.411. The first-order valence-corrected chi connectivity index (χ1v) is 7.96.